The normalized spacial score (nSPS) is 19.3. The fourth-order valence-corrected chi connectivity index (χ4v) is 7.09. The molecule has 0 aromatic heterocycles. The summed E-state index contributed by atoms with van der Waals surface area (Å²) < 4.78 is 0. The molecule has 24 heteroatoms. The van der Waals surface area contributed by atoms with Gasteiger partial charge in [0.2, 0.25) is 47.3 Å². The number of hydrogen-bond donors (Lipinski definition) is 12. The van der Waals surface area contributed by atoms with E-state index >= 15 is 0 Å². The topological polar surface area (TPSA) is 382 Å². The lowest BCUT2D eigenvalue weighted by atomic mass is 9.98. The molecule has 2 rings (SSSR count). The number of nitrogens with one attached hydrogen (secondary N) is 7. The van der Waals surface area contributed by atoms with Crippen LogP contribution in [-0.4, -0.2) is 158 Å². The SMILES string of the molecule is CC(C)C[C@H](NC(=O)[C@@H](NC(=O)[C@H](CC(N)=O)NC(=O)[C@@H]1CCCN1)C(C)C)C(=O)N1CCC[C@H]1C(=O)N[C@@H](CCC(=O)O)C(=O)N[C@H](C(=O)N[C@@H](CCC(=O)O)C(=O)O)[C@@H](C)O. The number of nitrogens with two attached hydrogens (primary N) is 1. The molecular formula is C39H63N9O15. The van der Waals surface area contributed by atoms with E-state index in [1.54, 1.807) is 27.7 Å². The van der Waals surface area contributed by atoms with Crippen LogP contribution in [0.1, 0.15) is 98.8 Å². The number of aliphatic hydroxyl groups excluding tert-OH is 1. The number of hydrogen-bond acceptors (Lipinski definition) is 13. The fraction of sp³-hybridized carbons (Fsp3) is 0.718. The number of carboxylic acid groups (broad SMARTS) is 3. The average Bonchev–Trinajstić information content (AvgIpc) is 3.91. The second-order valence-corrected chi connectivity index (χ2v) is 16.5. The van der Waals surface area contributed by atoms with E-state index in [0.717, 1.165) is 13.3 Å². The summed E-state index contributed by atoms with van der Waals surface area (Å²) in [4.78, 5) is 142. The lowest BCUT2D eigenvalue weighted by Crippen LogP contribution is -2.61. The first kappa shape index (κ1) is 53.2. The van der Waals surface area contributed by atoms with Gasteiger partial charge in [0.05, 0.1) is 18.6 Å². The number of nitrogens with zero attached hydrogens (tertiary/aromatic N) is 1. The van der Waals surface area contributed by atoms with Crippen molar-refractivity contribution in [1.82, 2.24) is 42.1 Å². The maximum Gasteiger partial charge on any atom is 0.326 e. The van der Waals surface area contributed by atoms with E-state index in [-0.39, 0.29) is 25.3 Å². The number of likely N-dealkylation sites (tertiary alicyclic amines) is 1. The van der Waals surface area contributed by atoms with Crippen LogP contribution in [0.3, 0.4) is 0 Å². The molecule has 0 aliphatic carbocycles. The smallest absolute Gasteiger partial charge is 0.326 e. The molecule has 0 unspecified atom stereocenters. The monoisotopic (exact) mass is 897 g/mol. The van der Waals surface area contributed by atoms with Gasteiger partial charge in [-0.05, 0) is 70.3 Å². The summed E-state index contributed by atoms with van der Waals surface area (Å²) in [5, 5.41) is 55.5. The molecule has 2 heterocycles. The number of rotatable bonds is 26. The highest BCUT2D eigenvalue weighted by molar-refractivity contribution is 5.99. The van der Waals surface area contributed by atoms with Crippen molar-refractivity contribution in [2.24, 2.45) is 17.6 Å². The van der Waals surface area contributed by atoms with Gasteiger partial charge in [-0.3, -0.25) is 47.9 Å². The molecule has 0 bridgehead atoms. The van der Waals surface area contributed by atoms with Crippen molar-refractivity contribution in [1.29, 1.82) is 0 Å². The molecule has 354 valence electrons. The number of carboxylic acids is 3. The number of amides is 8. The molecule has 2 aliphatic rings. The van der Waals surface area contributed by atoms with Crippen LogP contribution in [0.15, 0.2) is 0 Å². The van der Waals surface area contributed by atoms with Crippen LogP contribution in [0, 0.1) is 11.8 Å². The van der Waals surface area contributed by atoms with Crippen LogP contribution >= 0.6 is 0 Å². The zero-order valence-electron chi connectivity index (χ0n) is 36.1. The Bertz CT molecular complexity index is 1700. The number of aliphatic hydroxyl groups is 1. The van der Waals surface area contributed by atoms with Gasteiger partial charge in [0, 0.05) is 19.4 Å². The van der Waals surface area contributed by atoms with Gasteiger partial charge >= 0.3 is 17.9 Å². The first-order chi connectivity index (χ1) is 29.4. The third kappa shape index (κ3) is 17.4. The summed E-state index contributed by atoms with van der Waals surface area (Å²) in [7, 11) is 0. The summed E-state index contributed by atoms with van der Waals surface area (Å²) >= 11 is 0. The van der Waals surface area contributed by atoms with E-state index in [1.807, 2.05) is 0 Å². The molecule has 24 nitrogen and oxygen atoms in total. The van der Waals surface area contributed by atoms with E-state index in [0.29, 0.717) is 19.4 Å². The summed E-state index contributed by atoms with van der Waals surface area (Å²) in [6.07, 6.45) is -2.82. The van der Waals surface area contributed by atoms with Crippen LogP contribution in [-0.2, 0) is 52.7 Å². The summed E-state index contributed by atoms with van der Waals surface area (Å²) in [6.45, 7) is 8.53. The molecule has 8 amide bonds. The van der Waals surface area contributed by atoms with Crippen LogP contribution in [0.5, 0.6) is 0 Å². The lowest BCUT2D eigenvalue weighted by molar-refractivity contribution is -0.144. The van der Waals surface area contributed by atoms with Crippen LogP contribution in [0.4, 0.5) is 0 Å². The van der Waals surface area contributed by atoms with Crippen LogP contribution in [0.2, 0.25) is 0 Å². The number of carbonyl (C=O) groups is 11. The first-order valence-corrected chi connectivity index (χ1v) is 20.9. The van der Waals surface area contributed by atoms with E-state index in [2.05, 4.69) is 37.2 Å². The lowest BCUT2D eigenvalue weighted by Gasteiger charge is -2.32. The van der Waals surface area contributed by atoms with Crippen molar-refractivity contribution in [2.45, 2.75) is 153 Å². The molecule has 0 spiro atoms. The highest BCUT2D eigenvalue weighted by Gasteiger charge is 2.41. The van der Waals surface area contributed by atoms with Crippen molar-refractivity contribution in [3.63, 3.8) is 0 Å². The first-order valence-electron chi connectivity index (χ1n) is 20.9. The Balaban J connectivity index is 2.28. The molecule has 0 aromatic carbocycles. The van der Waals surface area contributed by atoms with Gasteiger partial charge in [-0.15, -0.1) is 0 Å². The van der Waals surface area contributed by atoms with Gasteiger partial charge in [0.1, 0.15) is 42.3 Å². The van der Waals surface area contributed by atoms with Gasteiger partial charge in [-0.2, -0.15) is 0 Å². The molecule has 0 aromatic rings. The maximum absolute atomic E-state index is 14.2. The van der Waals surface area contributed by atoms with Crippen LogP contribution < -0.4 is 43.0 Å². The summed E-state index contributed by atoms with van der Waals surface area (Å²) in [6, 6.07) is -10.9. The number of carbonyl (C=O) groups excluding carboxylic acids is 8. The van der Waals surface area contributed by atoms with Crippen molar-refractivity contribution in [3.8, 4) is 0 Å². The van der Waals surface area contributed by atoms with E-state index in [4.69, 9.17) is 10.8 Å². The second-order valence-electron chi connectivity index (χ2n) is 16.5. The fourth-order valence-electron chi connectivity index (χ4n) is 7.09. The maximum atomic E-state index is 14.2. The zero-order valence-corrected chi connectivity index (χ0v) is 36.1. The Morgan fingerprint density at radius 1 is 0.651 bits per heavy atom. The Labute approximate surface area is 363 Å². The Morgan fingerprint density at radius 2 is 1.19 bits per heavy atom. The average molecular weight is 898 g/mol. The van der Waals surface area contributed by atoms with E-state index in [9.17, 15) is 68.1 Å². The third-order valence-electron chi connectivity index (χ3n) is 10.4. The van der Waals surface area contributed by atoms with Crippen molar-refractivity contribution in [3.05, 3.63) is 0 Å². The molecule has 63 heavy (non-hydrogen) atoms. The largest absolute Gasteiger partial charge is 0.481 e. The molecule has 2 fully saturated rings. The minimum absolute atomic E-state index is 0.0406. The minimum Gasteiger partial charge on any atom is -0.481 e. The minimum atomic E-state index is -1.83. The predicted octanol–water partition coefficient (Wildman–Crippen LogP) is -3.59. The molecule has 0 saturated carbocycles. The molecule has 2 saturated heterocycles. The van der Waals surface area contributed by atoms with Gasteiger partial charge in [-0.1, -0.05) is 27.7 Å². The van der Waals surface area contributed by atoms with E-state index < -0.39 is 158 Å². The van der Waals surface area contributed by atoms with Crippen molar-refractivity contribution >= 4 is 65.2 Å². The third-order valence-corrected chi connectivity index (χ3v) is 10.4. The molecule has 13 N–H and O–H groups in total. The Kier molecular flexibility index (Phi) is 21.3. The van der Waals surface area contributed by atoms with Crippen LogP contribution in [0.25, 0.3) is 0 Å². The van der Waals surface area contributed by atoms with Gasteiger partial charge < -0.3 is 68.3 Å². The quantitative estimate of drug-likeness (QED) is 0.0399. The predicted molar refractivity (Wildman–Crippen MR) is 219 cm³/mol. The number of aliphatic carboxylic acids is 3. The Hall–Kier alpha value is -5.91. The highest BCUT2D eigenvalue weighted by atomic mass is 16.4. The highest BCUT2D eigenvalue weighted by Crippen LogP contribution is 2.22. The van der Waals surface area contributed by atoms with Crippen molar-refractivity contribution in [2.75, 3.05) is 13.1 Å². The second kappa shape index (κ2) is 25.3. The molecule has 9 atom stereocenters. The summed E-state index contributed by atoms with van der Waals surface area (Å²) in [5.41, 5.74) is 5.36. The molecule has 2 aliphatic heterocycles. The summed E-state index contributed by atoms with van der Waals surface area (Å²) in [5.74, 6) is -12.0. The van der Waals surface area contributed by atoms with Gasteiger partial charge in [0.25, 0.3) is 0 Å². The molecule has 0 radical (unpaired) electrons. The zero-order chi connectivity index (χ0) is 47.7. The van der Waals surface area contributed by atoms with Crippen molar-refractivity contribution < 1.29 is 73.2 Å². The number of primary amides is 1. The van der Waals surface area contributed by atoms with E-state index in [1.165, 1.54) is 4.90 Å². The van der Waals surface area contributed by atoms with Gasteiger partial charge in [0.15, 0.2) is 0 Å². The Morgan fingerprint density at radius 3 is 1.70 bits per heavy atom. The standard InChI is InChI=1S/C39H63N9O15/c1-18(2)16-25(45-36(59)30(19(3)4)46-34(57)24(17-27(40)50)44-32(55)21-8-6-14-41-21)38(61)48-15-7-9-26(48)35(58)42-22(10-12-28(51)52)33(56)47-31(20(5)49)37(60)43-23(39(62)63)11-13-29(53)54/h18-26,30-31,41,49H,6-17H2,1-5H3,(H2,40,50)(H,42,58)(H,43,60)(H,44,55)(H,45,59)(H,46,57)(H,47,56)(H,51,52)(H,53,54)(H,62,63)/t20-,21+,22+,23+,24+,25+,26+,30+,31+/m1/s1. The molecular weight excluding hydrogens is 834 g/mol. The van der Waals surface area contributed by atoms with Gasteiger partial charge in [-0.25, -0.2) is 4.79 Å².